The number of hydrogen-bond acceptors (Lipinski definition) is 2. The maximum absolute atomic E-state index is 9.48. The van der Waals surface area contributed by atoms with Crippen LogP contribution < -0.4 is 9.30 Å². The molecule has 0 radical (unpaired) electrons. The van der Waals surface area contributed by atoms with Crippen LogP contribution >= 0.6 is 0 Å². The molecule has 0 N–H and O–H groups in total. The van der Waals surface area contributed by atoms with Crippen molar-refractivity contribution in [3.63, 3.8) is 0 Å². The van der Waals surface area contributed by atoms with Crippen LogP contribution in [0.25, 0.3) is 83.4 Å². The van der Waals surface area contributed by atoms with Gasteiger partial charge >= 0.3 is 0 Å². The third-order valence-electron chi connectivity index (χ3n) is 14.4. The van der Waals surface area contributed by atoms with Gasteiger partial charge in [-0.2, -0.15) is 18.2 Å². The van der Waals surface area contributed by atoms with Crippen molar-refractivity contribution in [1.82, 2.24) is 14.1 Å². The standard InChI is InChI=1S/C70H66N4O.Pt/c1-67(2,3)50-31-28-46(29-32-50)48-30-35-62-64(39-48)72(45-73(62)66-59(47-20-14-13-15-21-47)40-53(70(10,11)12)41-60(66)49-22-18-23-51(38-49)68(4,5)6)54-24-19-25-55(43-54)75-56-33-34-58-57-26-16-17-27-61(57)74(63(58)44-56)65-42-52(36-37-71-65)69(7,8)9;/h13-42H,1-12H3;/q-2;/i13D,14D,15D,20D,21D;. The molecule has 0 unspecified atom stereocenters. The number of aromatic nitrogens is 4. The summed E-state index contributed by atoms with van der Waals surface area (Å²) in [6.07, 6.45) is 5.65. The molecule has 384 valence electrons. The van der Waals surface area contributed by atoms with Crippen molar-refractivity contribution in [2.75, 3.05) is 0 Å². The summed E-state index contributed by atoms with van der Waals surface area (Å²) < 4.78 is 58.4. The third kappa shape index (κ3) is 9.99. The number of imidazole rings is 1. The molecule has 0 aliphatic rings. The molecule has 11 aromatic rings. The molecule has 0 aliphatic carbocycles. The van der Waals surface area contributed by atoms with Crippen LogP contribution in [0.15, 0.2) is 182 Å². The van der Waals surface area contributed by atoms with Gasteiger partial charge in [-0.25, -0.2) is 4.98 Å². The second kappa shape index (κ2) is 19.7. The van der Waals surface area contributed by atoms with Gasteiger partial charge in [-0.15, -0.1) is 29.7 Å². The smallest absolute Gasteiger partial charge is 0.268 e. The van der Waals surface area contributed by atoms with Gasteiger partial charge in [-0.1, -0.05) is 210 Å². The van der Waals surface area contributed by atoms with Crippen LogP contribution in [0.5, 0.6) is 11.5 Å². The van der Waals surface area contributed by atoms with Crippen molar-refractivity contribution in [3.05, 3.63) is 223 Å². The molecule has 0 bridgehead atoms. The Hall–Kier alpha value is -7.33. The molecule has 3 aromatic heterocycles. The van der Waals surface area contributed by atoms with Crippen molar-refractivity contribution in [2.45, 2.75) is 105 Å². The zero-order valence-corrected chi connectivity index (χ0v) is 47.7. The third-order valence-corrected chi connectivity index (χ3v) is 14.4. The van der Waals surface area contributed by atoms with Crippen molar-refractivity contribution >= 4 is 32.8 Å². The number of benzene rings is 8. The van der Waals surface area contributed by atoms with E-state index < -0.39 is 23.5 Å². The summed E-state index contributed by atoms with van der Waals surface area (Å²) in [6, 6.07) is 55.5. The van der Waals surface area contributed by atoms with E-state index in [-0.39, 0.29) is 55.0 Å². The first-order chi connectivity index (χ1) is 37.8. The summed E-state index contributed by atoms with van der Waals surface area (Å²) in [4.78, 5) is 4.88. The second-order valence-electron chi connectivity index (χ2n) is 23.9. The first-order valence-electron chi connectivity index (χ1n) is 28.4. The van der Waals surface area contributed by atoms with Crippen molar-refractivity contribution in [1.29, 1.82) is 0 Å². The maximum Gasteiger partial charge on any atom is 0.268 e. The van der Waals surface area contributed by atoms with Crippen LogP contribution in [0.3, 0.4) is 0 Å². The fraction of sp³-hybridized carbons (Fsp3) is 0.229. The Morgan fingerprint density at radius 1 is 0.500 bits per heavy atom. The van der Waals surface area contributed by atoms with E-state index in [1.54, 1.807) is 0 Å². The summed E-state index contributed by atoms with van der Waals surface area (Å²) in [5.41, 5.74) is 12.8. The van der Waals surface area contributed by atoms with Gasteiger partial charge in [0.2, 0.25) is 0 Å². The van der Waals surface area contributed by atoms with Crippen molar-refractivity contribution in [2.24, 2.45) is 0 Å². The number of pyridine rings is 1. The van der Waals surface area contributed by atoms with E-state index in [1.165, 1.54) is 11.1 Å². The Labute approximate surface area is 471 Å². The maximum atomic E-state index is 9.48. The van der Waals surface area contributed by atoms with Crippen LogP contribution in [0.4, 0.5) is 0 Å². The first-order valence-corrected chi connectivity index (χ1v) is 25.9. The molecule has 0 amide bonds. The van der Waals surface area contributed by atoms with E-state index in [9.17, 15) is 2.74 Å². The average Bonchev–Trinajstić information content (AvgIpc) is 4.23. The molecule has 0 aliphatic heterocycles. The fourth-order valence-corrected chi connectivity index (χ4v) is 9.98. The molecule has 76 heavy (non-hydrogen) atoms. The Bertz CT molecular complexity index is 4230. The van der Waals surface area contributed by atoms with Crippen LogP contribution in [0.1, 0.15) is 112 Å². The second-order valence-corrected chi connectivity index (χ2v) is 23.9. The van der Waals surface area contributed by atoms with E-state index in [0.717, 1.165) is 72.0 Å². The summed E-state index contributed by atoms with van der Waals surface area (Å²) in [5.74, 6) is 1.76. The van der Waals surface area contributed by atoms with Gasteiger partial charge in [-0.3, -0.25) is 4.57 Å². The summed E-state index contributed by atoms with van der Waals surface area (Å²) in [7, 11) is 0. The van der Waals surface area contributed by atoms with Gasteiger partial charge in [0.1, 0.15) is 5.82 Å². The molecule has 0 saturated carbocycles. The molecule has 6 heteroatoms. The van der Waals surface area contributed by atoms with Gasteiger partial charge in [0.25, 0.3) is 6.33 Å². The van der Waals surface area contributed by atoms with Crippen molar-refractivity contribution < 1.29 is 37.2 Å². The Morgan fingerprint density at radius 2 is 1.14 bits per heavy atom. The molecule has 3 heterocycles. The Morgan fingerprint density at radius 3 is 1.86 bits per heavy atom. The van der Waals surface area contributed by atoms with E-state index >= 15 is 0 Å². The average molecular weight is 1180 g/mol. The monoisotopic (exact) mass is 1180 g/mol. The van der Waals surface area contributed by atoms with Gasteiger partial charge in [0.15, 0.2) is 0 Å². The van der Waals surface area contributed by atoms with E-state index in [1.807, 2.05) is 51.7 Å². The predicted molar refractivity (Wildman–Crippen MR) is 311 cm³/mol. The molecular weight excluding hydrogens is 1110 g/mol. The number of rotatable bonds is 8. The van der Waals surface area contributed by atoms with Crippen LogP contribution in [0, 0.1) is 18.5 Å². The van der Waals surface area contributed by atoms with E-state index in [2.05, 4.69) is 215 Å². The molecule has 0 atom stereocenters. The summed E-state index contributed by atoms with van der Waals surface area (Å²) in [6.45, 7) is 26.2. The number of ether oxygens (including phenoxy) is 1. The zero-order valence-electron chi connectivity index (χ0n) is 50.4. The Balaban J connectivity index is 0.00000736. The predicted octanol–water partition coefficient (Wildman–Crippen LogP) is 17.8. The normalized spacial score (nSPS) is 13.3. The fourth-order valence-electron chi connectivity index (χ4n) is 9.98. The van der Waals surface area contributed by atoms with Crippen LogP contribution in [-0.2, 0) is 42.7 Å². The largest absolute Gasteiger partial charge is 0.510 e. The van der Waals surface area contributed by atoms with Gasteiger partial charge in [0, 0.05) is 44.3 Å². The topological polar surface area (TPSA) is 35.9 Å². The number of nitrogens with zero attached hydrogens (tertiary/aromatic N) is 4. The number of hydrogen-bond donors (Lipinski definition) is 0. The van der Waals surface area contributed by atoms with Crippen molar-refractivity contribution in [3.8, 4) is 62.1 Å². The minimum atomic E-state index is -0.449. The van der Waals surface area contributed by atoms with Crippen LogP contribution in [-0.4, -0.2) is 14.1 Å². The molecular formula is C70H66N4OPt-2. The van der Waals surface area contributed by atoms with E-state index in [0.29, 0.717) is 28.4 Å². The van der Waals surface area contributed by atoms with Gasteiger partial charge in [-0.05, 0) is 113 Å². The molecule has 0 fully saturated rings. The minimum Gasteiger partial charge on any atom is -0.510 e. The Kier molecular flexibility index (Phi) is 11.9. The molecule has 5 nitrogen and oxygen atoms in total. The molecule has 8 aromatic carbocycles. The minimum absolute atomic E-state index is 0. The molecule has 11 rings (SSSR count). The van der Waals surface area contributed by atoms with Gasteiger partial charge < -0.3 is 13.9 Å². The molecule has 0 spiro atoms. The quantitative estimate of drug-likeness (QED) is 0.112. The van der Waals surface area contributed by atoms with E-state index in [4.69, 9.17) is 13.8 Å². The SMILES string of the molecule is [2H]c1c([2H])c([2H])c(-c2cc(C(C)(C)C)cc(-c3cccc(C(C)(C)C)c3)c2-[n+]2[c-]n(-c3[c-]c(Oc4[c-]c5c(cc4)c4ccccc4n5-c4cc(C(C)(C)C)ccn4)ccc3)c3cc(-c4ccc(C(C)(C)C)cc4)ccc32)c([2H])c1[2H].[Pt]. The molecule has 0 saturated heterocycles. The zero-order chi connectivity index (χ0) is 57.0. The number of fused-ring (bicyclic) bond motifs is 4. The van der Waals surface area contributed by atoms with Gasteiger partial charge in [0.05, 0.1) is 23.6 Å². The number of para-hydroxylation sites is 1. The first kappa shape index (κ1) is 46.0. The summed E-state index contributed by atoms with van der Waals surface area (Å²) in [5, 5.41) is 2.11. The van der Waals surface area contributed by atoms with Crippen LogP contribution in [0.2, 0.25) is 0 Å². The summed E-state index contributed by atoms with van der Waals surface area (Å²) >= 11 is 0.